The molecule has 0 saturated carbocycles. The van der Waals surface area contributed by atoms with E-state index in [4.69, 9.17) is 0 Å². The van der Waals surface area contributed by atoms with Gasteiger partial charge in [-0.05, 0) is 25.1 Å². The highest BCUT2D eigenvalue weighted by atomic mass is 32.2. The van der Waals surface area contributed by atoms with Gasteiger partial charge >= 0.3 is 0 Å². The van der Waals surface area contributed by atoms with E-state index < -0.39 is 0 Å². The molecule has 5 nitrogen and oxygen atoms in total. The third kappa shape index (κ3) is 2.93. The highest BCUT2D eigenvalue weighted by molar-refractivity contribution is 8.14. The molecule has 1 aliphatic rings. The molecule has 0 saturated heterocycles. The van der Waals surface area contributed by atoms with Crippen molar-refractivity contribution in [1.82, 2.24) is 4.57 Å². The van der Waals surface area contributed by atoms with Crippen LogP contribution in [0.1, 0.15) is 11.1 Å². The summed E-state index contributed by atoms with van der Waals surface area (Å²) in [7, 11) is 0. The van der Waals surface area contributed by atoms with E-state index in [0.717, 1.165) is 17.9 Å². The molecule has 2 aromatic carbocycles. The molecule has 4 rings (SSSR count). The molecule has 0 unspecified atom stereocenters. The van der Waals surface area contributed by atoms with Gasteiger partial charge in [-0.2, -0.15) is 0 Å². The lowest BCUT2D eigenvalue weighted by molar-refractivity contribution is 0.436. The molecule has 1 N–H and O–H groups in total. The van der Waals surface area contributed by atoms with E-state index in [1.54, 1.807) is 24.0 Å². The van der Waals surface area contributed by atoms with Crippen molar-refractivity contribution in [2.24, 2.45) is 9.98 Å². The maximum atomic E-state index is 13.0. The van der Waals surface area contributed by atoms with Crippen LogP contribution in [0.2, 0.25) is 0 Å². The number of aromatic nitrogens is 1. The van der Waals surface area contributed by atoms with E-state index in [0.29, 0.717) is 27.2 Å². The number of hydrogen-bond donors (Lipinski definition) is 1. The Bertz CT molecular complexity index is 1100. The van der Waals surface area contributed by atoms with Crippen LogP contribution in [-0.4, -0.2) is 33.4 Å². The average Bonchev–Trinajstić information content (AvgIpc) is 3.17. The third-order valence-corrected chi connectivity index (χ3v) is 5.15. The lowest BCUT2D eigenvalue weighted by Crippen LogP contribution is -2.20. The molecule has 0 bridgehead atoms. The number of rotatable bonds is 2. The van der Waals surface area contributed by atoms with Gasteiger partial charge in [0.2, 0.25) is 5.88 Å². The summed E-state index contributed by atoms with van der Waals surface area (Å²) >= 11 is 1.58. The first-order valence-electron chi connectivity index (χ1n) is 8.30. The van der Waals surface area contributed by atoms with Gasteiger partial charge in [0.25, 0.3) is 5.56 Å². The number of amidine groups is 1. The first-order chi connectivity index (χ1) is 12.6. The van der Waals surface area contributed by atoms with E-state index in [1.165, 1.54) is 4.57 Å². The summed E-state index contributed by atoms with van der Waals surface area (Å²) in [5, 5.41) is 12.8. The lowest BCUT2D eigenvalue weighted by atomic mass is 10.1. The Morgan fingerprint density at radius 1 is 1.15 bits per heavy atom. The Hall–Kier alpha value is -2.86. The first-order valence-corrected chi connectivity index (χ1v) is 9.29. The van der Waals surface area contributed by atoms with Crippen molar-refractivity contribution in [1.29, 1.82) is 0 Å². The Balaban J connectivity index is 1.98. The number of aryl methyl sites for hydroxylation is 1. The maximum Gasteiger partial charge on any atom is 0.265 e. The molecule has 130 valence electrons. The maximum absolute atomic E-state index is 13.0. The molecular formula is C20H17N3O2S. The zero-order valence-electron chi connectivity index (χ0n) is 14.2. The Morgan fingerprint density at radius 2 is 1.88 bits per heavy atom. The topological polar surface area (TPSA) is 66.9 Å². The number of aliphatic imine (C=N–C) groups is 2. The summed E-state index contributed by atoms with van der Waals surface area (Å²) in [5.41, 5.74) is 1.95. The normalized spacial score (nSPS) is 14.3. The lowest BCUT2D eigenvalue weighted by Gasteiger charge is -2.13. The summed E-state index contributed by atoms with van der Waals surface area (Å²) in [5.74, 6) is 0.798. The minimum Gasteiger partial charge on any atom is -0.494 e. The van der Waals surface area contributed by atoms with E-state index >= 15 is 0 Å². The van der Waals surface area contributed by atoms with Crippen LogP contribution in [0, 0.1) is 6.92 Å². The van der Waals surface area contributed by atoms with Crippen LogP contribution in [-0.2, 0) is 0 Å². The third-order valence-electron chi connectivity index (χ3n) is 4.27. The molecule has 26 heavy (non-hydrogen) atoms. The Kier molecular flexibility index (Phi) is 4.34. The summed E-state index contributed by atoms with van der Waals surface area (Å²) in [6.07, 6.45) is 1.60. The molecule has 0 aliphatic carbocycles. The molecular weight excluding hydrogens is 346 g/mol. The number of benzene rings is 2. The van der Waals surface area contributed by atoms with Gasteiger partial charge in [0.15, 0.2) is 5.17 Å². The van der Waals surface area contributed by atoms with Crippen molar-refractivity contribution in [2.45, 2.75) is 6.92 Å². The van der Waals surface area contributed by atoms with E-state index in [-0.39, 0.29) is 11.4 Å². The average molecular weight is 363 g/mol. The molecule has 0 amide bonds. The van der Waals surface area contributed by atoms with Crippen LogP contribution in [0.4, 0.5) is 0 Å². The van der Waals surface area contributed by atoms with E-state index in [9.17, 15) is 9.90 Å². The van der Waals surface area contributed by atoms with Crippen molar-refractivity contribution in [3.05, 3.63) is 70.0 Å². The SMILES string of the molecule is Cc1ccc(-n2c(O)c(/C=N/C3=NCCS3)c3ccccc3c2=O)cc1. The Morgan fingerprint density at radius 3 is 2.58 bits per heavy atom. The van der Waals surface area contributed by atoms with Gasteiger partial charge in [-0.3, -0.25) is 9.79 Å². The number of aromatic hydroxyl groups is 1. The number of fused-ring (bicyclic) bond motifs is 1. The summed E-state index contributed by atoms with van der Waals surface area (Å²) < 4.78 is 1.33. The van der Waals surface area contributed by atoms with Crippen LogP contribution in [0.3, 0.4) is 0 Å². The van der Waals surface area contributed by atoms with Crippen LogP contribution < -0.4 is 5.56 Å². The van der Waals surface area contributed by atoms with Crippen LogP contribution in [0.5, 0.6) is 5.88 Å². The minimum absolute atomic E-state index is 0.120. The molecule has 3 aromatic rings. The largest absolute Gasteiger partial charge is 0.494 e. The highest BCUT2D eigenvalue weighted by Gasteiger charge is 2.16. The predicted octanol–water partition coefficient (Wildman–Crippen LogP) is 3.53. The summed E-state index contributed by atoms with van der Waals surface area (Å²) in [6, 6.07) is 14.7. The first kappa shape index (κ1) is 16.6. The van der Waals surface area contributed by atoms with Crippen LogP contribution >= 0.6 is 11.8 Å². The highest BCUT2D eigenvalue weighted by Crippen LogP contribution is 2.26. The second-order valence-electron chi connectivity index (χ2n) is 6.03. The van der Waals surface area contributed by atoms with Crippen molar-refractivity contribution in [3.8, 4) is 11.6 Å². The second kappa shape index (κ2) is 6.80. The summed E-state index contributed by atoms with van der Waals surface area (Å²) in [6.45, 7) is 2.73. The van der Waals surface area contributed by atoms with E-state index in [2.05, 4.69) is 9.98 Å². The van der Waals surface area contributed by atoms with Gasteiger partial charge in [-0.25, -0.2) is 9.56 Å². The molecule has 1 aromatic heterocycles. The second-order valence-corrected chi connectivity index (χ2v) is 7.09. The van der Waals surface area contributed by atoms with Gasteiger partial charge in [0, 0.05) is 22.7 Å². The predicted molar refractivity (Wildman–Crippen MR) is 108 cm³/mol. The zero-order valence-corrected chi connectivity index (χ0v) is 15.0. The summed E-state index contributed by atoms with van der Waals surface area (Å²) in [4.78, 5) is 21.7. The number of thioether (sulfide) groups is 1. The fourth-order valence-corrected chi connectivity index (χ4v) is 3.62. The fraction of sp³-hybridized carbons (Fsp3) is 0.150. The van der Waals surface area contributed by atoms with Crippen LogP contribution in [0.25, 0.3) is 16.5 Å². The quantitative estimate of drug-likeness (QED) is 0.708. The minimum atomic E-state index is -0.258. The van der Waals surface area contributed by atoms with Crippen molar-refractivity contribution < 1.29 is 5.11 Å². The number of nitrogens with zero attached hydrogens (tertiary/aromatic N) is 3. The van der Waals surface area contributed by atoms with Gasteiger partial charge in [0.05, 0.1) is 17.8 Å². The fourth-order valence-electron chi connectivity index (χ4n) is 2.94. The van der Waals surface area contributed by atoms with Gasteiger partial charge < -0.3 is 5.11 Å². The van der Waals surface area contributed by atoms with Crippen molar-refractivity contribution >= 4 is 33.9 Å². The molecule has 1 aliphatic heterocycles. The van der Waals surface area contributed by atoms with Crippen molar-refractivity contribution in [3.63, 3.8) is 0 Å². The van der Waals surface area contributed by atoms with Gasteiger partial charge in [0.1, 0.15) is 0 Å². The number of hydrogen-bond acceptors (Lipinski definition) is 5. The molecule has 0 radical (unpaired) electrons. The molecule has 0 spiro atoms. The van der Waals surface area contributed by atoms with Crippen LogP contribution in [0.15, 0.2) is 63.3 Å². The van der Waals surface area contributed by atoms with Gasteiger partial charge in [-0.1, -0.05) is 47.7 Å². The van der Waals surface area contributed by atoms with Crippen molar-refractivity contribution in [2.75, 3.05) is 12.3 Å². The standard InChI is InChI=1S/C20H17N3O2S/c1-13-6-8-14(9-7-13)23-18(24)16-5-3-2-4-15(16)17(19(23)25)12-22-20-21-10-11-26-20/h2-9,12,25H,10-11H2,1H3/b22-12+. The molecule has 0 fully saturated rings. The zero-order chi connectivity index (χ0) is 18.1. The molecule has 2 heterocycles. The molecule has 0 atom stereocenters. The Labute approximate surface area is 154 Å². The monoisotopic (exact) mass is 363 g/mol. The van der Waals surface area contributed by atoms with Gasteiger partial charge in [-0.15, -0.1) is 0 Å². The molecule has 6 heteroatoms. The van der Waals surface area contributed by atoms with E-state index in [1.807, 2.05) is 49.4 Å². The number of pyridine rings is 1. The smallest absolute Gasteiger partial charge is 0.265 e.